The first kappa shape index (κ1) is 16.1. The molecule has 0 amide bonds. The fraction of sp³-hybridized carbons (Fsp3) is 0.100. The van der Waals surface area contributed by atoms with Gasteiger partial charge in [-0.15, -0.1) is 11.3 Å². The lowest BCUT2D eigenvalue weighted by molar-refractivity contribution is 0.901. The summed E-state index contributed by atoms with van der Waals surface area (Å²) in [6, 6.07) is 22.8. The second kappa shape index (κ2) is 6.82. The van der Waals surface area contributed by atoms with Crippen LogP contribution in [0.2, 0.25) is 5.28 Å². The Kier molecular flexibility index (Phi) is 4.38. The molecule has 0 unspecified atom stereocenters. The molecule has 4 aromatic rings. The van der Waals surface area contributed by atoms with Crippen LogP contribution in [0.1, 0.15) is 5.56 Å². The average molecular weight is 366 g/mol. The SMILES string of the molecule is CN(Cc1ccccc1)c1nc(Cl)nc2sc(-c3ccccc3)cc12. The molecule has 0 fully saturated rings. The van der Waals surface area contributed by atoms with Gasteiger partial charge in [-0.05, 0) is 28.8 Å². The number of benzene rings is 2. The molecule has 0 aliphatic heterocycles. The van der Waals surface area contributed by atoms with Crippen molar-refractivity contribution >= 4 is 39.0 Å². The quantitative estimate of drug-likeness (QED) is 0.438. The van der Waals surface area contributed by atoms with E-state index >= 15 is 0 Å². The van der Waals surface area contributed by atoms with Crippen molar-refractivity contribution in [3.05, 3.63) is 77.6 Å². The average Bonchev–Trinajstić information content (AvgIpc) is 3.06. The molecule has 0 atom stereocenters. The summed E-state index contributed by atoms with van der Waals surface area (Å²) in [4.78, 5) is 13.1. The topological polar surface area (TPSA) is 29.0 Å². The van der Waals surface area contributed by atoms with Gasteiger partial charge in [0.25, 0.3) is 0 Å². The summed E-state index contributed by atoms with van der Waals surface area (Å²) in [6.07, 6.45) is 0. The van der Waals surface area contributed by atoms with Crippen LogP contribution in [-0.4, -0.2) is 17.0 Å². The summed E-state index contributed by atoms with van der Waals surface area (Å²) in [5.41, 5.74) is 2.41. The minimum Gasteiger partial charge on any atom is -0.355 e. The molecule has 0 radical (unpaired) electrons. The van der Waals surface area contributed by atoms with Crippen molar-refractivity contribution in [2.24, 2.45) is 0 Å². The van der Waals surface area contributed by atoms with Gasteiger partial charge < -0.3 is 4.90 Å². The minimum atomic E-state index is 0.281. The Labute approximate surface area is 155 Å². The normalized spacial score (nSPS) is 11.0. The molecule has 0 N–H and O–H groups in total. The highest BCUT2D eigenvalue weighted by Gasteiger charge is 2.15. The molecule has 0 saturated heterocycles. The zero-order valence-corrected chi connectivity index (χ0v) is 15.3. The van der Waals surface area contributed by atoms with Gasteiger partial charge in [0.15, 0.2) is 0 Å². The van der Waals surface area contributed by atoms with Gasteiger partial charge in [0.05, 0.1) is 5.39 Å². The first-order chi connectivity index (χ1) is 12.2. The van der Waals surface area contributed by atoms with Gasteiger partial charge in [0, 0.05) is 18.5 Å². The third kappa shape index (κ3) is 3.36. The number of rotatable bonds is 4. The molecule has 5 heteroatoms. The van der Waals surface area contributed by atoms with Crippen LogP contribution in [0.5, 0.6) is 0 Å². The Morgan fingerprint density at radius 3 is 2.36 bits per heavy atom. The maximum atomic E-state index is 6.18. The van der Waals surface area contributed by atoms with Crippen molar-refractivity contribution in [2.75, 3.05) is 11.9 Å². The van der Waals surface area contributed by atoms with E-state index in [-0.39, 0.29) is 5.28 Å². The Balaban J connectivity index is 1.76. The van der Waals surface area contributed by atoms with Crippen LogP contribution in [0, 0.1) is 0 Å². The molecule has 0 saturated carbocycles. The fourth-order valence-corrected chi connectivity index (χ4v) is 4.09. The number of thiophene rings is 1. The molecule has 0 bridgehead atoms. The number of hydrogen-bond acceptors (Lipinski definition) is 4. The van der Waals surface area contributed by atoms with Crippen molar-refractivity contribution in [2.45, 2.75) is 6.54 Å². The van der Waals surface area contributed by atoms with Crippen molar-refractivity contribution in [3.8, 4) is 10.4 Å². The lowest BCUT2D eigenvalue weighted by Gasteiger charge is -2.19. The minimum absolute atomic E-state index is 0.281. The highest BCUT2D eigenvalue weighted by molar-refractivity contribution is 7.22. The van der Waals surface area contributed by atoms with Crippen LogP contribution in [0.3, 0.4) is 0 Å². The van der Waals surface area contributed by atoms with Gasteiger partial charge >= 0.3 is 0 Å². The second-order valence-electron chi connectivity index (χ2n) is 5.85. The molecule has 0 aliphatic rings. The van der Waals surface area contributed by atoms with Crippen LogP contribution in [-0.2, 0) is 6.54 Å². The van der Waals surface area contributed by atoms with Crippen molar-refractivity contribution < 1.29 is 0 Å². The van der Waals surface area contributed by atoms with Crippen LogP contribution < -0.4 is 4.90 Å². The molecule has 3 nitrogen and oxygen atoms in total. The monoisotopic (exact) mass is 365 g/mol. The molecule has 2 heterocycles. The Morgan fingerprint density at radius 2 is 1.64 bits per heavy atom. The first-order valence-corrected chi connectivity index (χ1v) is 9.18. The number of aromatic nitrogens is 2. The molecule has 25 heavy (non-hydrogen) atoms. The van der Waals surface area contributed by atoms with Crippen molar-refractivity contribution in [1.29, 1.82) is 0 Å². The summed E-state index contributed by atoms with van der Waals surface area (Å²) >= 11 is 7.82. The maximum Gasteiger partial charge on any atom is 0.225 e. The fourth-order valence-electron chi connectivity index (χ4n) is 2.85. The van der Waals surface area contributed by atoms with Crippen molar-refractivity contribution in [1.82, 2.24) is 9.97 Å². The summed E-state index contributed by atoms with van der Waals surface area (Å²) in [7, 11) is 2.03. The number of halogens is 1. The van der Waals surface area contributed by atoms with E-state index < -0.39 is 0 Å². The zero-order chi connectivity index (χ0) is 17.2. The standard InChI is InChI=1S/C20H16ClN3S/c1-24(13-14-8-4-2-5-9-14)18-16-12-17(15-10-6-3-7-11-15)25-19(16)23-20(21)22-18/h2-12H,13H2,1H3. The Bertz CT molecular complexity index is 1000. The molecule has 124 valence electrons. The number of hydrogen-bond donors (Lipinski definition) is 0. The van der Waals surface area contributed by atoms with E-state index in [1.165, 1.54) is 16.0 Å². The highest BCUT2D eigenvalue weighted by atomic mass is 35.5. The number of nitrogens with zero attached hydrogens (tertiary/aromatic N) is 3. The zero-order valence-electron chi connectivity index (χ0n) is 13.7. The summed E-state index contributed by atoms with van der Waals surface area (Å²) in [5, 5.41) is 1.32. The van der Waals surface area contributed by atoms with E-state index in [1.54, 1.807) is 11.3 Å². The number of fused-ring (bicyclic) bond motifs is 1. The third-order valence-corrected chi connectivity index (χ3v) is 5.27. The van der Waals surface area contributed by atoms with Gasteiger partial charge in [-0.1, -0.05) is 60.7 Å². The largest absolute Gasteiger partial charge is 0.355 e. The van der Waals surface area contributed by atoms with Gasteiger partial charge in [-0.25, -0.2) is 4.98 Å². The summed E-state index contributed by atoms with van der Waals surface area (Å²) < 4.78 is 0. The molecule has 2 aromatic heterocycles. The molecule has 2 aromatic carbocycles. The summed E-state index contributed by atoms with van der Waals surface area (Å²) in [6.45, 7) is 0.764. The van der Waals surface area contributed by atoms with Crippen LogP contribution in [0.25, 0.3) is 20.7 Å². The number of anilines is 1. The van der Waals surface area contributed by atoms with E-state index in [2.05, 4.69) is 45.2 Å². The van der Waals surface area contributed by atoms with E-state index in [4.69, 9.17) is 11.6 Å². The predicted molar refractivity (Wildman–Crippen MR) is 106 cm³/mol. The van der Waals surface area contributed by atoms with E-state index in [9.17, 15) is 0 Å². The highest BCUT2D eigenvalue weighted by Crippen LogP contribution is 2.37. The molecular weight excluding hydrogens is 350 g/mol. The van der Waals surface area contributed by atoms with Gasteiger partial charge in [0.1, 0.15) is 10.6 Å². The molecule has 4 rings (SSSR count). The maximum absolute atomic E-state index is 6.18. The lowest BCUT2D eigenvalue weighted by Crippen LogP contribution is -2.18. The van der Waals surface area contributed by atoms with Gasteiger partial charge in [0.2, 0.25) is 5.28 Å². The van der Waals surface area contributed by atoms with Crippen molar-refractivity contribution in [3.63, 3.8) is 0 Å². The second-order valence-corrected chi connectivity index (χ2v) is 7.22. The van der Waals surface area contributed by atoms with E-state index in [0.717, 1.165) is 22.6 Å². The van der Waals surface area contributed by atoms with E-state index in [1.807, 2.05) is 43.4 Å². The van der Waals surface area contributed by atoms with Gasteiger partial charge in [-0.2, -0.15) is 4.98 Å². The smallest absolute Gasteiger partial charge is 0.225 e. The Morgan fingerprint density at radius 1 is 0.960 bits per heavy atom. The van der Waals surface area contributed by atoms with Crippen LogP contribution in [0.15, 0.2) is 66.7 Å². The Hall–Kier alpha value is -2.43. The van der Waals surface area contributed by atoms with Gasteiger partial charge in [-0.3, -0.25) is 0 Å². The molecule has 0 spiro atoms. The lowest BCUT2D eigenvalue weighted by atomic mass is 10.2. The van der Waals surface area contributed by atoms with Crippen LogP contribution >= 0.6 is 22.9 Å². The van der Waals surface area contributed by atoms with Crippen LogP contribution in [0.4, 0.5) is 5.82 Å². The third-order valence-electron chi connectivity index (χ3n) is 4.03. The molecule has 0 aliphatic carbocycles. The molecular formula is C20H16ClN3S. The first-order valence-electron chi connectivity index (χ1n) is 7.98. The summed E-state index contributed by atoms with van der Waals surface area (Å²) in [5.74, 6) is 0.859. The van der Waals surface area contributed by atoms with E-state index in [0.29, 0.717) is 0 Å². The predicted octanol–water partition coefficient (Wildman–Crippen LogP) is 5.65.